The van der Waals surface area contributed by atoms with Gasteiger partial charge in [-0.15, -0.1) is 0 Å². The lowest BCUT2D eigenvalue weighted by Crippen LogP contribution is -2.48. The van der Waals surface area contributed by atoms with Crippen LogP contribution in [0.15, 0.2) is 30.3 Å². The molecule has 1 aliphatic heterocycles. The van der Waals surface area contributed by atoms with Gasteiger partial charge >= 0.3 is 0 Å². The molecule has 0 N–H and O–H groups in total. The first-order chi connectivity index (χ1) is 9.30. The molecule has 20 heavy (non-hydrogen) atoms. The minimum Gasteiger partial charge on any atom is -0.341 e. The molecular weight excluding hydrogens is 274 g/mol. The van der Waals surface area contributed by atoms with E-state index in [4.69, 9.17) is 0 Å². The summed E-state index contributed by atoms with van der Waals surface area (Å²) in [6.45, 7) is 3.02. The van der Waals surface area contributed by atoms with E-state index in [0.29, 0.717) is 19.5 Å². The number of sulfone groups is 1. The summed E-state index contributed by atoms with van der Waals surface area (Å²) in [5.74, 6) is 0.0888. The zero-order valence-corrected chi connectivity index (χ0v) is 12.8. The van der Waals surface area contributed by atoms with Crippen LogP contribution < -0.4 is 0 Å². The number of carbonyl (C=O) groups is 1. The predicted octanol–water partition coefficient (Wildman–Crippen LogP) is 1.61. The maximum absolute atomic E-state index is 12.0. The molecule has 2 rings (SSSR count). The smallest absolute Gasteiger partial charge is 0.222 e. The fraction of sp³-hybridized carbons (Fsp3) is 0.533. The van der Waals surface area contributed by atoms with E-state index >= 15 is 0 Å². The van der Waals surface area contributed by atoms with Crippen molar-refractivity contribution in [2.75, 3.05) is 25.1 Å². The number of hydrogen-bond acceptors (Lipinski definition) is 3. The molecule has 1 unspecified atom stereocenters. The van der Waals surface area contributed by atoms with Crippen LogP contribution in [0.4, 0.5) is 0 Å². The average molecular weight is 295 g/mol. The number of hydrogen-bond donors (Lipinski definition) is 0. The van der Waals surface area contributed by atoms with Crippen LogP contribution >= 0.6 is 0 Å². The van der Waals surface area contributed by atoms with Crippen LogP contribution in [0.3, 0.4) is 0 Å². The lowest BCUT2D eigenvalue weighted by molar-refractivity contribution is -0.135. The van der Waals surface area contributed by atoms with Crippen molar-refractivity contribution in [3.05, 3.63) is 35.9 Å². The van der Waals surface area contributed by atoms with Gasteiger partial charge in [0.2, 0.25) is 5.91 Å². The maximum Gasteiger partial charge on any atom is 0.222 e. The van der Waals surface area contributed by atoms with Crippen molar-refractivity contribution in [2.45, 2.75) is 25.2 Å². The summed E-state index contributed by atoms with van der Waals surface area (Å²) in [7, 11) is -3.04. The SMILES string of the molecule is CC1(c2ccccc2)CCC(=O)N(CCS(C)(=O)=O)C1. The average Bonchev–Trinajstić information content (AvgIpc) is 2.40. The van der Waals surface area contributed by atoms with E-state index in [1.807, 2.05) is 18.2 Å². The fourth-order valence-electron chi connectivity index (χ4n) is 2.69. The minimum atomic E-state index is -3.04. The molecule has 0 saturated carbocycles. The zero-order chi connectivity index (χ0) is 14.8. The quantitative estimate of drug-likeness (QED) is 0.848. The lowest BCUT2D eigenvalue weighted by Gasteiger charge is -2.40. The molecule has 110 valence electrons. The summed E-state index contributed by atoms with van der Waals surface area (Å²) in [6.07, 6.45) is 2.50. The first-order valence-electron chi connectivity index (χ1n) is 6.81. The Morgan fingerprint density at radius 1 is 1.25 bits per heavy atom. The summed E-state index contributed by atoms with van der Waals surface area (Å²) in [4.78, 5) is 13.7. The molecule has 1 aliphatic rings. The predicted molar refractivity (Wildman–Crippen MR) is 79.3 cm³/mol. The Balaban J connectivity index is 2.13. The molecular formula is C15H21NO3S. The van der Waals surface area contributed by atoms with E-state index in [1.165, 1.54) is 11.8 Å². The van der Waals surface area contributed by atoms with Gasteiger partial charge in [-0.3, -0.25) is 4.79 Å². The van der Waals surface area contributed by atoms with Crippen molar-refractivity contribution >= 4 is 15.7 Å². The Morgan fingerprint density at radius 3 is 2.50 bits per heavy atom. The third-order valence-corrected chi connectivity index (χ3v) is 4.91. The number of benzene rings is 1. The highest BCUT2D eigenvalue weighted by Crippen LogP contribution is 2.33. The molecule has 5 heteroatoms. The van der Waals surface area contributed by atoms with Gasteiger partial charge in [-0.2, -0.15) is 0 Å². The number of amides is 1. The Kier molecular flexibility index (Phi) is 4.18. The van der Waals surface area contributed by atoms with Crippen LogP contribution in [-0.2, 0) is 20.0 Å². The van der Waals surface area contributed by atoms with Gasteiger partial charge in [0.15, 0.2) is 0 Å². The molecule has 1 aromatic carbocycles. The standard InChI is InChI=1S/C15H21NO3S/c1-15(13-6-4-3-5-7-13)9-8-14(17)16(12-15)10-11-20(2,18)19/h3-7H,8-12H2,1-2H3. The van der Waals surface area contributed by atoms with Crippen LogP contribution in [-0.4, -0.2) is 44.3 Å². The highest BCUT2D eigenvalue weighted by atomic mass is 32.2. The Bertz CT molecular complexity index is 582. The molecule has 0 radical (unpaired) electrons. The molecule has 1 aromatic rings. The van der Waals surface area contributed by atoms with Gasteiger partial charge in [0.1, 0.15) is 9.84 Å². The normalized spacial score (nSPS) is 23.9. The number of rotatable bonds is 4. The monoisotopic (exact) mass is 295 g/mol. The van der Waals surface area contributed by atoms with Crippen LogP contribution in [0, 0.1) is 0 Å². The molecule has 0 spiro atoms. The number of nitrogens with zero attached hydrogens (tertiary/aromatic N) is 1. The Hall–Kier alpha value is -1.36. The molecule has 1 fully saturated rings. The highest BCUT2D eigenvalue weighted by molar-refractivity contribution is 7.90. The summed E-state index contributed by atoms with van der Waals surface area (Å²) in [5.41, 5.74) is 1.11. The second kappa shape index (κ2) is 5.56. The second-order valence-electron chi connectivity index (χ2n) is 5.87. The van der Waals surface area contributed by atoms with Crippen molar-refractivity contribution in [1.82, 2.24) is 4.90 Å². The zero-order valence-electron chi connectivity index (χ0n) is 12.0. The van der Waals surface area contributed by atoms with Gasteiger partial charge in [-0.25, -0.2) is 8.42 Å². The Labute approximate surface area is 120 Å². The maximum atomic E-state index is 12.0. The van der Waals surface area contributed by atoms with Crippen molar-refractivity contribution in [3.63, 3.8) is 0 Å². The van der Waals surface area contributed by atoms with E-state index in [-0.39, 0.29) is 17.1 Å². The summed E-state index contributed by atoms with van der Waals surface area (Å²) >= 11 is 0. The van der Waals surface area contributed by atoms with E-state index < -0.39 is 9.84 Å². The van der Waals surface area contributed by atoms with E-state index in [1.54, 1.807) is 4.90 Å². The molecule has 4 nitrogen and oxygen atoms in total. The van der Waals surface area contributed by atoms with Crippen molar-refractivity contribution in [1.29, 1.82) is 0 Å². The summed E-state index contributed by atoms with van der Waals surface area (Å²) in [5, 5.41) is 0. The van der Waals surface area contributed by atoms with E-state index in [0.717, 1.165) is 6.42 Å². The third kappa shape index (κ3) is 3.60. The topological polar surface area (TPSA) is 54.5 Å². The van der Waals surface area contributed by atoms with Crippen LogP contribution in [0.25, 0.3) is 0 Å². The number of likely N-dealkylation sites (tertiary alicyclic amines) is 1. The van der Waals surface area contributed by atoms with Crippen molar-refractivity contribution in [3.8, 4) is 0 Å². The largest absolute Gasteiger partial charge is 0.341 e. The first kappa shape index (κ1) is 15.0. The van der Waals surface area contributed by atoms with Gasteiger partial charge < -0.3 is 4.90 Å². The Morgan fingerprint density at radius 2 is 1.90 bits per heavy atom. The van der Waals surface area contributed by atoms with Crippen LogP contribution in [0.1, 0.15) is 25.3 Å². The second-order valence-corrected chi connectivity index (χ2v) is 8.13. The molecule has 1 atom stereocenters. The fourth-order valence-corrected chi connectivity index (χ4v) is 3.24. The number of carbonyl (C=O) groups excluding carboxylic acids is 1. The van der Waals surface area contributed by atoms with Gasteiger partial charge in [-0.1, -0.05) is 37.3 Å². The van der Waals surface area contributed by atoms with Crippen LogP contribution in [0.2, 0.25) is 0 Å². The van der Waals surface area contributed by atoms with Crippen LogP contribution in [0.5, 0.6) is 0 Å². The third-order valence-electron chi connectivity index (χ3n) is 3.99. The summed E-state index contributed by atoms with van der Waals surface area (Å²) < 4.78 is 22.5. The molecule has 1 amide bonds. The summed E-state index contributed by atoms with van der Waals surface area (Å²) in [6, 6.07) is 10.1. The van der Waals surface area contributed by atoms with Gasteiger partial charge in [0.25, 0.3) is 0 Å². The molecule has 0 aromatic heterocycles. The van der Waals surface area contributed by atoms with Gasteiger partial charge in [0, 0.05) is 31.2 Å². The molecule has 1 heterocycles. The van der Waals surface area contributed by atoms with Crippen molar-refractivity contribution in [2.24, 2.45) is 0 Å². The molecule has 0 bridgehead atoms. The lowest BCUT2D eigenvalue weighted by atomic mass is 9.76. The number of piperidine rings is 1. The minimum absolute atomic E-state index is 0.0314. The first-order valence-corrected chi connectivity index (χ1v) is 8.87. The molecule has 0 aliphatic carbocycles. The molecule has 1 saturated heterocycles. The van der Waals surface area contributed by atoms with E-state index in [2.05, 4.69) is 19.1 Å². The highest BCUT2D eigenvalue weighted by Gasteiger charge is 2.36. The van der Waals surface area contributed by atoms with E-state index in [9.17, 15) is 13.2 Å². The van der Waals surface area contributed by atoms with Gasteiger partial charge in [0.05, 0.1) is 5.75 Å². The van der Waals surface area contributed by atoms with Gasteiger partial charge in [-0.05, 0) is 12.0 Å². The van der Waals surface area contributed by atoms with Crippen molar-refractivity contribution < 1.29 is 13.2 Å².